The maximum absolute atomic E-state index is 12.3. The van der Waals surface area contributed by atoms with Crippen LogP contribution in [0, 0.1) is 0 Å². The summed E-state index contributed by atoms with van der Waals surface area (Å²) in [6.45, 7) is 0.628. The molecule has 3 rings (SSSR count). The first kappa shape index (κ1) is 15.6. The van der Waals surface area contributed by atoms with Crippen LogP contribution in [0.25, 0.3) is 0 Å². The Kier molecular flexibility index (Phi) is 4.93. The SMILES string of the molecule is O=C(CO/N=C/c1ccccc1Cl)N1CCCc2ccccc21. The number of oxime groups is 1. The topological polar surface area (TPSA) is 41.9 Å². The molecule has 0 saturated heterocycles. The lowest BCUT2D eigenvalue weighted by molar-refractivity contribution is -0.123. The van der Waals surface area contributed by atoms with Gasteiger partial charge in [-0.15, -0.1) is 0 Å². The average molecular weight is 329 g/mol. The standard InChI is InChI=1S/C18H17ClN2O2/c19-16-9-3-1-7-15(16)12-20-23-13-18(22)21-11-5-8-14-6-2-4-10-17(14)21/h1-4,6-7,9-10,12H,5,8,11,13H2/b20-12+. The van der Waals surface area contributed by atoms with Crippen molar-refractivity contribution in [3.05, 3.63) is 64.7 Å². The fourth-order valence-corrected chi connectivity index (χ4v) is 2.82. The molecule has 0 atom stereocenters. The van der Waals surface area contributed by atoms with Gasteiger partial charge in [0.05, 0.1) is 6.21 Å². The molecule has 0 aliphatic carbocycles. The summed E-state index contributed by atoms with van der Waals surface area (Å²) in [6, 6.07) is 15.3. The third-order valence-corrected chi connectivity index (χ3v) is 4.12. The Morgan fingerprint density at radius 1 is 1.22 bits per heavy atom. The van der Waals surface area contributed by atoms with Gasteiger partial charge in [-0.1, -0.05) is 53.2 Å². The van der Waals surface area contributed by atoms with Gasteiger partial charge in [0, 0.05) is 22.8 Å². The molecule has 0 bridgehead atoms. The molecule has 1 aliphatic heterocycles. The first-order chi connectivity index (χ1) is 11.3. The van der Waals surface area contributed by atoms with Gasteiger partial charge in [-0.3, -0.25) is 4.79 Å². The van der Waals surface area contributed by atoms with Gasteiger partial charge in [0.15, 0.2) is 6.61 Å². The molecule has 0 fully saturated rings. The Bertz CT molecular complexity index is 730. The lowest BCUT2D eigenvalue weighted by atomic mass is 10.0. The molecule has 2 aromatic rings. The highest BCUT2D eigenvalue weighted by Gasteiger charge is 2.22. The number of aryl methyl sites for hydroxylation is 1. The summed E-state index contributed by atoms with van der Waals surface area (Å²) in [4.78, 5) is 19.3. The Morgan fingerprint density at radius 2 is 2.00 bits per heavy atom. The maximum atomic E-state index is 12.3. The van der Waals surface area contributed by atoms with Gasteiger partial charge >= 0.3 is 0 Å². The number of fused-ring (bicyclic) bond motifs is 1. The Labute approximate surface area is 140 Å². The quantitative estimate of drug-likeness (QED) is 0.634. The molecular weight excluding hydrogens is 312 g/mol. The number of hydrogen-bond acceptors (Lipinski definition) is 3. The maximum Gasteiger partial charge on any atom is 0.267 e. The highest BCUT2D eigenvalue weighted by Crippen LogP contribution is 2.26. The van der Waals surface area contributed by atoms with Crippen molar-refractivity contribution in [1.82, 2.24) is 0 Å². The van der Waals surface area contributed by atoms with Crippen molar-refractivity contribution < 1.29 is 9.63 Å². The van der Waals surface area contributed by atoms with Gasteiger partial charge in [0.2, 0.25) is 0 Å². The van der Waals surface area contributed by atoms with E-state index in [9.17, 15) is 4.79 Å². The van der Waals surface area contributed by atoms with Crippen molar-refractivity contribution in [2.75, 3.05) is 18.1 Å². The van der Waals surface area contributed by atoms with Gasteiger partial charge in [-0.2, -0.15) is 0 Å². The van der Waals surface area contributed by atoms with E-state index < -0.39 is 0 Å². The molecule has 0 N–H and O–H groups in total. The zero-order chi connectivity index (χ0) is 16.1. The molecule has 5 heteroatoms. The van der Waals surface area contributed by atoms with E-state index in [0.29, 0.717) is 11.6 Å². The minimum absolute atomic E-state index is 0.0880. The van der Waals surface area contributed by atoms with Crippen LogP contribution >= 0.6 is 11.6 Å². The van der Waals surface area contributed by atoms with Crippen LogP contribution in [-0.2, 0) is 16.1 Å². The number of carbonyl (C=O) groups is 1. The van der Waals surface area contributed by atoms with Gasteiger partial charge in [0.1, 0.15) is 0 Å². The van der Waals surface area contributed by atoms with Crippen molar-refractivity contribution in [3.8, 4) is 0 Å². The summed E-state index contributed by atoms with van der Waals surface area (Å²) >= 11 is 6.02. The Morgan fingerprint density at radius 3 is 2.87 bits per heavy atom. The minimum Gasteiger partial charge on any atom is -0.386 e. The first-order valence-corrected chi connectivity index (χ1v) is 7.91. The van der Waals surface area contributed by atoms with E-state index in [2.05, 4.69) is 11.2 Å². The Hall–Kier alpha value is -2.33. The molecule has 0 radical (unpaired) electrons. The number of anilines is 1. The van der Waals surface area contributed by atoms with Crippen molar-refractivity contribution >= 4 is 29.4 Å². The van der Waals surface area contributed by atoms with Crippen LogP contribution in [0.5, 0.6) is 0 Å². The fourth-order valence-electron chi connectivity index (χ4n) is 2.64. The largest absolute Gasteiger partial charge is 0.386 e. The second-order valence-corrected chi connectivity index (χ2v) is 5.71. The predicted molar refractivity (Wildman–Crippen MR) is 92.1 cm³/mol. The molecule has 0 saturated carbocycles. The van der Waals surface area contributed by atoms with E-state index in [0.717, 1.165) is 24.1 Å². The van der Waals surface area contributed by atoms with Crippen molar-refractivity contribution in [3.63, 3.8) is 0 Å². The smallest absolute Gasteiger partial charge is 0.267 e. The van der Waals surface area contributed by atoms with Crippen molar-refractivity contribution in [2.45, 2.75) is 12.8 Å². The van der Waals surface area contributed by atoms with Crippen LogP contribution in [0.2, 0.25) is 5.02 Å². The number of carbonyl (C=O) groups excluding carboxylic acids is 1. The number of nitrogens with zero attached hydrogens (tertiary/aromatic N) is 2. The third kappa shape index (κ3) is 3.71. The van der Waals surface area contributed by atoms with Crippen LogP contribution in [0.3, 0.4) is 0 Å². The summed E-state index contributed by atoms with van der Waals surface area (Å²) in [5, 5.41) is 4.43. The molecule has 23 heavy (non-hydrogen) atoms. The minimum atomic E-state index is -0.0894. The predicted octanol–water partition coefficient (Wildman–Crippen LogP) is 3.67. The van der Waals surface area contributed by atoms with Gasteiger partial charge < -0.3 is 9.74 Å². The van der Waals surface area contributed by atoms with Crippen molar-refractivity contribution in [2.24, 2.45) is 5.16 Å². The number of benzene rings is 2. The molecule has 118 valence electrons. The molecule has 0 aromatic heterocycles. The molecule has 4 nitrogen and oxygen atoms in total. The van der Waals surface area contributed by atoms with E-state index >= 15 is 0 Å². The second-order valence-electron chi connectivity index (χ2n) is 5.31. The van der Waals surface area contributed by atoms with Gasteiger partial charge in [0.25, 0.3) is 5.91 Å². The number of amides is 1. The average Bonchev–Trinajstić information content (AvgIpc) is 2.59. The zero-order valence-electron chi connectivity index (χ0n) is 12.6. The molecule has 0 unspecified atom stereocenters. The summed E-state index contributed by atoms with van der Waals surface area (Å²) in [7, 11) is 0. The first-order valence-electron chi connectivity index (χ1n) is 7.54. The zero-order valence-corrected chi connectivity index (χ0v) is 13.4. The highest BCUT2D eigenvalue weighted by molar-refractivity contribution is 6.33. The van der Waals surface area contributed by atoms with E-state index in [4.69, 9.17) is 16.4 Å². The second kappa shape index (κ2) is 7.29. The van der Waals surface area contributed by atoms with Gasteiger partial charge in [-0.25, -0.2) is 0 Å². The molecule has 1 heterocycles. The molecule has 0 spiro atoms. The lowest BCUT2D eigenvalue weighted by Crippen LogP contribution is -2.37. The van der Waals surface area contributed by atoms with Crippen LogP contribution in [-0.4, -0.2) is 25.3 Å². The summed E-state index contributed by atoms with van der Waals surface area (Å²) < 4.78 is 0. The monoisotopic (exact) mass is 328 g/mol. The number of hydrogen-bond donors (Lipinski definition) is 0. The third-order valence-electron chi connectivity index (χ3n) is 3.77. The molecule has 2 aromatic carbocycles. The van der Waals surface area contributed by atoms with Crippen LogP contribution in [0.4, 0.5) is 5.69 Å². The number of para-hydroxylation sites is 1. The van der Waals surface area contributed by atoms with Crippen LogP contribution < -0.4 is 4.90 Å². The highest BCUT2D eigenvalue weighted by atomic mass is 35.5. The van der Waals surface area contributed by atoms with E-state index in [1.807, 2.05) is 36.4 Å². The summed E-state index contributed by atoms with van der Waals surface area (Å²) in [5.74, 6) is -0.0894. The van der Waals surface area contributed by atoms with E-state index in [1.165, 1.54) is 11.8 Å². The lowest BCUT2D eigenvalue weighted by Gasteiger charge is -2.28. The summed E-state index contributed by atoms with van der Waals surface area (Å²) in [6.07, 6.45) is 3.48. The van der Waals surface area contributed by atoms with Crippen LogP contribution in [0.15, 0.2) is 53.7 Å². The molecule has 1 amide bonds. The van der Waals surface area contributed by atoms with Gasteiger partial charge in [-0.05, 0) is 30.5 Å². The fraction of sp³-hybridized carbons (Fsp3) is 0.222. The van der Waals surface area contributed by atoms with E-state index in [1.54, 1.807) is 11.0 Å². The number of rotatable bonds is 4. The van der Waals surface area contributed by atoms with Crippen LogP contribution in [0.1, 0.15) is 17.5 Å². The van der Waals surface area contributed by atoms with Crippen molar-refractivity contribution in [1.29, 1.82) is 0 Å². The number of halogens is 1. The normalized spacial score (nSPS) is 13.9. The summed E-state index contributed by atoms with van der Waals surface area (Å²) in [5.41, 5.74) is 2.93. The molecular formula is C18H17ClN2O2. The van der Waals surface area contributed by atoms with E-state index in [-0.39, 0.29) is 12.5 Å². The molecule has 1 aliphatic rings. The Balaban J connectivity index is 1.59.